The molecule has 0 unspecified atom stereocenters. The van der Waals surface area contributed by atoms with Gasteiger partial charge in [0, 0.05) is 25.7 Å². The third-order valence-electron chi connectivity index (χ3n) is 3.67. The molecule has 0 radical (unpaired) electrons. The Balaban J connectivity index is 1.88. The molecule has 2 N–H and O–H groups in total. The second-order valence-corrected chi connectivity index (χ2v) is 5.30. The summed E-state index contributed by atoms with van der Waals surface area (Å²) in [6.45, 7) is 5.90. The van der Waals surface area contributed by atoms with Crippen molar-refractivity contribution in [1.82, 2.24) is 10.6 Å². The highest BCUT2D eigenvalue weighted by Gasteiger charge is 2.02. The van der Waals surface area contributed by atoms with Crippen LogP contribution in [0.4, 0.5) is 0 Å². The summed E-state index contributed by atoms with van der Waals surface area (Å²) < 4.78 is 0. The van der Waals surface area contributed by atoms with Gasteiger partial charge in [0.25, 0.3) is 5.91 Å². The van der Waals surface area contributed by atoms with Crippen LogP contribution >= 0.6 is 0 Å². The van der Waals surface area contributed by atoms with E-state index in [1.54, 1.807) is 7.05 Å². The van der Waals surface area contributed by atoms with Gasteiger partial charge in [-0.1, -0.05) is 30.3 Å². The van der Waals surface area contributed by atoms with E-state index < -0.39 is 0 Å². The minimum atomic E-state index is -0.0513. The monoisotopic (exact) mass is 282 g/mol. The fourth-order valence-corrected chi connectivity index (χ4v) is 2.18. The molecule has 2 aromatic carbocycles. The molecule has 2 aromatic rings. The topological polar surface area (TPSA) is 41.1 Å². The van der Waals surface area contributed by atoms with Crippen molar-refractivity contribution in [3.8, 4) is 0 Å². The third-order valence-corrected chi connectivity index (χ3v) is 3.67. The van der Waals surface area contributed by atoms with Crippen LogP contribution in [0.15, 0.2) is 42.5 Å². The van der Waals surface area contributed by atoms with Crippen molar-refractivity contribution in [3.63, 3.8) is 0 Å². The fraction of sp³-hybridized carbons (Fsp3) is 0.278. The van der Waals surface area contributed by atoms with E-state index in [0.717, 1.165) is 13.1 Å². The lowest BCUT2D eigenvalue weighted by molar-refractivity contribution is 0.0963. The average Bonchev–Trinajstić information content (AvgIpc) is 2.51. The van der Waals surface area contributed by atoms with Gasteiger partial charge in [-0.3, -0.25) is 4.79 Å². The Kier molecular flexibility index (Phi) is 5.12. The van der Waals surface area contributed by atoms with Gasteiger partial charge in [-0.25, -0.2) is 0 Å². The predicted octanol–water partition coefficient (Wildman–Crippen LogP) is 2.95. The van der Waals surface area contributed by atoms with Crippen molar-refractivity contribution in [1.29, 1.82) is 0 Å². The third kappa shape index (κ3) is 4.17. The summed E-state index contributed by atoms with van der Waals surface area (Å²) in [5.41, 5.74) is 5.80. The highest BCUT2D eigenvalue weighted by atomic mass is 16.1. The van der Waals surface area contributed by atoms with Crippen LogP contribution in [0.25, 0.3) is 0 Å². The Labute approximate surface area is 126 Å². The zero-order chi connectivity index (χ0) is 15.2. The number of carbonyl (C=O) groups excluding carboxylic acids is 1. The maximum Gasteiger partial charge on any atom is 0.251 e. The molecule has 0 aliphatic carbocycles. The van der Waals surface area contributed by atoms with Gasteiger partial charge in [0.1, 0.15) is 0 Å². The lowest BCUT2D eigenvalue weighted by Crippen LogP contribution is -2.18. The van der Waals surface area contributed by atoms with Crippen molar-refractivity contribution in [2.75, 3.05) is 7.05 Å². The first-order valence-electron chi connectivity index (χ1n) is 7.18. The van der Waals surface area contributed by atoms with Crippen molar-refractivity contribution < 1.29 is 4.79 Å². The van der Waals surface area contributed by atoms with Crippen LogP contribution in [0.3, 0.4) is 0 Å². The number of rotatable bonds is 5. The molecule has 0 atom stereocenters. The molecule has 2 rings (SSSR count). The van der Waals surface area contributed by atoms with Crippen LogP contribution < -0.4 is 10.6 Å². The molecular formula is C18H22N2O. The number of amides is 1. The molecule has 0 saturated heterocycles. The van der Waals surface area contributed by atoms with Crippen molar-refractivity contribution in [2.45, 2.75) is 26.9 Å². The van der Waals surface area contributed by atoms with E-state index in [1.165, 1.54) is 22.3 Å². The number of hydrogen-bond donors (Lipinski definition) is 2. The van der Waals surface area contributed by atoms with Gasteiger partial charge in [0.2, 0.25) is 0 Å². The lowest BCUT2D eigenvalue weighted by Gasteiger charge is -2.08. The first-order chi connectivity index (χ1) is 10.1. The fourth-order valence-electron chi connectivity index (χ4n) is 2.18. The molecule has 110 valence electrons. The zero-order valence-electron chi connectivity index (χ0n) is 12.9. The molecule has 0 aliphatic rings. The normalized spacial score (nSPS) is 10.4. The van der Waals surface area contributed by atoms with Crippen LogP contribution in [-0.2, 0) is 13.1 Å². The molecule has 3 heteroatoms. The molecule has 1 amide bonds. The van der Waals surface area contributed by atoms with Gasteiger partial charge >= 0.3 is 0 Å². The Morgan fingerprint density at radius 2 is 1.52 bits per heavy atom. The second kappa shape index (κ2) is 7.04. The Morgan fingerprint density at radius 1 is 0.905 bits per heavy atom. The van der Waals surface area contributed by atoms with Crippen molar-refractivity contribution >= 4 is 5.91 Å². The van der Waals surface area contributed by atoms with E-state index in [1.807, 2.05) is 24.3 Å². The summed E-state index contributed by atoms with van der Waals surface area (Å²) >= 11 is 0. The Bertz CT molecular complexity index is 618. The highest BCUT2D eigenvalue weighted by molar-refractivity contribution is 5.93. The number of hydrogen-bond acceptors (Lipinski definition) is 2. The van der Waals surface area contributed by atoms with E-state index >= 15 is 0 Å². The molecule has 21 heavy (non-hydrogen) atoms. The molecule has 0 heterocycles. The van der Waals surface area contributed by atoms with Gasteiger partial charge in [-0.15, -0.1) is 0 Å². The van der Waals surface area contributed by atoms with Gasteiger partial charge in [0.15, 0.2) is 0 Å². The van der Waals surface area contributed by atoms with Gasteiger partial charge in [-0.05, 0) is 48.2 Å². The smallest absolute Gasteiger partial charge is 0.251 e. The SMILES string of the molecule is CNC(=O)c1ccc(CNCc2ccc(C)c(C)c2)cc1. The van der Waals surface area contributed by atoms with E-state index in [-0.39, 0.29) is 5.91 Å². The summed E-state index contributed by atoms with van der Waals surface area (Å²) in [5.74, 6) is -0.0513. The minimum Gasteiger partial charge on any atom is -0.355 e. The summed E-state index contributed by atoms with van der Waals surface area (Å²) in [4.78, 5) is 11.5. The van der Waals surface area contributed by atoms with Crippen LogP contribution in [0, 0.1) is 13.8 Å². The van der Waals surface area contributed by atoms with E-state index in [9.17, 15) is 4.79 Å². The molecule has 3 nitrogen and oxygen atoms in total. The standard InChI is InChI=1S/C18H22N2O/c1-13-4-5-16(10-14(13)2)12-20-11-15-6-8-17(9-7-15)18(21)19-3/h4-10,20H,11-12H2,1-3H3,(H,19,21). The van der Waals surface area contributed by atoms with Crippen LogP contribution in [0.2, 0.25) is 0 Å². The van der Waals surface area contributed by atoms with Crippen LogP contribution in [0.1, 0.15) is 32.6 Å². The second-order valence-electron chi connectivity index (χ2n) is 5.30. The summed E-state index contributed by atoms with van der Waals surface area (Å²) in [5, 5.41) is 6.05. The van der Waals surface area contributed by atoms with Gasteiger partial charge in [0.05, 0.1) is 0 Å². The molecule has 0 aromatic heterocycles. The maximum absolute atomic E-state index is 11.5. The molecule has 0 bridgehead atoms. The summed E-state index contributed by atoms with van der Waals surface area (Å²) in [6.07, 6.45) is 0. The maximum atomic E-state index is 11.5. The molecule has 0 spiro atoms. The number of carbonyl (C=O) groups is 1. The van der Waals surface area contributed by atoms with Gasteiger partial charge < -0.3 is 10.6 Å². The average molecular weight is 282 g/mol. The summed E-state index contributed by atoms with van der Waals surface area (Å²) in [7, 11) is 1.64. The largest absolute Gasteiger partial charge is 0.355 e. The van der Waals surface area contributed by atoms with E-state index in [0.29, 0.717) is 5.56 Å². The number of aryl methyl sites for hydroxylation is 2. The molecule has 0 saturated carbocycles. The predicted molar refractivity (Wildman–Crippen MR) is 86.3 cm³/mol. The quantitative estimate of drug-likeness (QED) is 0.885. The Morgan fingerprint density at radius 3 is 2.14 bits per heavy atom. The first-order valence-corrected chi connectivity index (χ1v) is 7.18. The van der Waals surface area contributed by atoms with Crippen molar-refractivity contribution in [2.24, 2.45) is 0 Å². The van der Waals surface area contributed by atoms with Gasteiger partial charge in [-0.2, -0.15) is 0 Å². The first kappa shape index (κ1) is 15.3. The molecule has 0 aliphatic heterocycles. The lowest BCUT2D eigenvalue weighted by atomic mass is 10.1. The molecule has 0 fully saturated rings. The van der Waals surface area contributed by atoms with E-state index in [2.05, 4.69) is 42.7 Å². The minimum absolute atomic E-state index is 0.0513. The van der Waals surface area contributed by atoms with Crippen LogP contribution in [0.5, 0.6) is 0 Å². The van der Waals surface area contributed by atoms with Crippen molar-refractivity contribution in [3.05, 3.63) is 70.3 Å². The van der Waals surface area contributed by atoms with E-state index in [4.69, 9.17) is 0 Å². The summed E-state index contributed by atoms with van der Waals surface area (Å²) in [6, 6.07) is 14.2. The highest BCUT2D eigenvalue weighted by Crippen LogP contribution is 2.10. The number of nitrogens with one attached hydrogen (secondary N) is 2. The number of benzene rings is 2. The zero-order valence-corrected chi connectivity index (χ0v) is 12.9. The molecular weight excluding hydrogens is 260 g/mol. The Hall–Kier alpha value is -2.13. The van der Waals surface area contributed by atoms with Crippen LogP contribution in [-0.4, -0.2) is 13.0 Å².